The highest BCUT2D eigenvalue weighted by molar-refractivity contribution is 7.92. The molecule has 126 valence electrons. The van der Waals surface area contributed by atoms with E-state index in [4.69, 9.17) is 11.6 Å². The lowest BCUT2D eigenvalue weighted by atomic mass is 10.1. The Kier molecular flexibility index (Phi) is 3.76. The second kappa shape index (κ2) is 5.42. The Balaban J connectivity index is 2.46. The highest BCUT2D eigenvalue weighted by Gasteiger charge is 2.49. The first-order valence-corrected chi connectivity index (χ1v) is 8.40. The lowest BCUT2D eigenvalue weighted by molar-refractivity contribution is -0.0435. The number of H-pyrrole nitrogens is 1. The Morgan fingerprint density at radius 3 is 2.42 bits per heavy atom. The number of hydrogen-bond donors (Lipinski definition) is 2. The van der Waals surface area contributed by atoms with Crippen LogP contribution in [0.15, 0.2) is 47.4 Å². The van der Waals surface area contributed by atoms with Crippen molar-refractivity contribution < 1.29 is 26.7 Å². The number of nitrogens with one attached hydrogen (secondary N) is 1. The van der Waals surface area contributed by atoms with Crippen LogP contribution < -0.4 is 0 Å². The van der Waals surface area contributed by atoms with Crippen LogP contribution in [0.2, 0.25) is 5.02 Å². The molecule has 0 saturated carbocycles. The smallest absolute Gasteiger partial charge is 0.502 e. The zero-order chi connectivity index (χ0) is 17.7. The summed E-state index contributed by atoms with van der Waals surface area (Å²) < 4.78 is 63.4. The van der Waals surface area contributed by atoms with Crippen LogP contribution in [0, 0.1) is 0 Å². The molecule has 3 rings (SSSR count). The van der Waals surface area contributed by atoms with Gasteiger partial charge in [-0.1, -0.05) is 29.8 Å². The van der Waals surface area contributed by atoms with Crippen LogP contribution in [0.25, 0.3) is 22.2 Å². The SMILES string of the molecule is O=S(=O)(c1c(-c2cc(Cl)ccc2O)[nH]c2ccccc12)C(F)(F)F. The van der Waals surface area contributed by atoms with E-state index in [2.05, 4.69) is 4.98 Å². The molecule has 1 aromatic heterocycles. The van der Waals surface area contributed by atoms with Crippen LogP contribution in [0.1, 0.15) is 0 Å². The number of fused-ring (bicyclic) bond motifs is 1. The maximum absolute atomic E-state index is 13.1. The fraction of sp³-hybridized carbons (Fsp3) is 0.0667. The largest absolute Gasteiger partial charge is 0.507 e. The van der Waals surface area contributed by atoms with Crippen LogP contribution >= 0.6 is 11.6 Å². The molecule has 0 fully saturated rings. The van der Waals surface area contributed by atoms with E-state index < -0.39 is 26.0 Å². The molecule has 0 aliphatic rings. The molecule has 0 amide bonds. The maximum atomic E-state index is 13.1. The fourth-order valence-electron chi connectivity index (χ4n) is 2.41. The van der Waals surface area contributed by atoms with Crippen LogP contribution in [0.3, 0.4) is 0 Å². The summed E-state index contributed by atoms with van der Waals surface area (Å²) >= 11 is 5.83. The van der Waals surface area contributed by atoms with E-state index in [1.807, 2.05) is 0 Å². The number of phenols is 1. The Bertz CT molecular complexity index is 1040. The van der Waals surface area contributed by atoms with Crippen molar-refractivity contribution in [1.29, 1.82) is 0 Å². The van der Waals surface area contributed by atoms with Crippen LogP contribution in [-0.4, -0.2) is 24.0 Å². The molecule has 0 radical (unpaired) electrons. The molecule has 0 saturated heterocycles. The van der Waals surface area contributed by atoms with E-state index in [9.17, 15) is 26.7 Å². The fourth-order valence-corrected chi connectivity index (χ4v) is 3.71. The third-order valence-corrected chi connectivity index (χ3v) is 5.27. The minimum absolute atomic E-state index is 0.121. The first-order chi connectivity index (χ1) is 11.1. The maximum Gasteiger partial charge on any atom is 0.502 e. The summed E-state index contributed by atoms with van der Waals surface area (Å²) in [5.74, 6) is -0.399. The van der Waals surface area contributed by atoms with Crippen molar-refractivity contribution >= 4 is 32.3 Å². The average Bonchev–Trinajstić information content (AvgIpc) is 2.88. The molecular formula is C15H9ClF3NO3S. The van der Waals surface area contributed by atoms with E-state index in [1.165, 1.54) is 36.4 Å². The van der Waals surface area contributed by atoms with Gasteiger partial charge in [-0.05, 0) is 24.3 Å². The summed E-state index contributed by atoms with van der Waals surface area (Å²) in [5, 5.41) is 9.97. The summed E-state index contributed by atoms with van der Waals surface area (Å²) in [6.45, 7) is 0. The predicted octanol–water partition coefficient (Wildman–Crippen LogP) is 4.49. The van der Waals surface area contributed by atoms with Crippen molar-refractivity contribution in [3.05, 3.63) is 47.5 Å². The Labute approximate surface area is 139 Å². The van der Waals surface area contributed by atoms with Crippen molar-refractivity contribution in [2.45, 2.75) is 10.4 Å². The Morgan fingerprint density at radius 2 is 1.75 bits per heavy atom. The molecule has 0 unspecified atom stereocenters. The second-order valence-electron chi connectivity index (χ2n) is 4.99. The number of aromatic hydroxyl groups is 1. The molecule has 0 bridgehead atoms. The predicted molar refractivity (Wildman–Crippen MR) is 83.7 cm³/mol. The number of rotatable bonds is 2. The van der Waals surface area contributed by atoms with Gasteiger partial charge in [0.15, 0.2) is 0 Å². The van der Waals surface area contributed by atoms with Gasteiger partial charge >= 0.3 is 5.51 Å². The molecule has 4 nitrogen and oxygen atoms in total. The summed E-state index contributed by atoms with van der Waals surface area (Å²) in [7, 11) is -5.65. The molecule has 0 aliphatic heterocycles. The number of para-hydroxylation sites is 1. The molecule has 3 aromatic rings. The zero-order valence-corrected chi connectivity index (χ0v) is 13.3. The highest BCUT2D eigenvalue weighted by Crippen LogP contribution is 2.43. The van der Waals surface area contributed by atoms with Crippen molar-refractivity contribution in [2.75, 3.05) is 0 Å². The van der Waals surface area contributed by atoms with Crippen LogP contribution in [-0.2, 0) is 9.84 Å². The summed E-state index contributed by atoms with van der Waals surface area (Å²) in [6, 6.07) is 9.37. The topological polar surface area (TPSA) is 70.2 Å². The zero-order valence-electron chi connectivity index (χ0n) is 11.7. The second-order valence-corrected chi connectivity index (χ2v) is 7.30. The number of sulfone groups is 1. The summed E-state index contributed by atoms with van der Waals surface area (Å²) in [4.78, 5) is 1.69. The van der Waals surface area contributed by atoms with Gasteiger partial charge in [-0.3, -0.25) is 0 Å². The van der Waals surface area contributed by atoms with E-state index in [0.29, 0.717) is 0 Å². The van der Waals surface area contributed by atoms with Crippen molar-refractivity contribution in [2.24, 2.45) is 0 Å². The number of halogens is 4. The third-order valence-electron chi connectivity index (χ3n) is 3.46. The lowest BCUT2D eigenvalue weighted by Crippen LogP contribution is -2.23. The van der Waals surface area contributed by atoms with Gasteiger partial charge in [0.1, 0.15) is 10.6 Å². The van der Waals surface area contributed by atoms with Gasteiger partial charge in [0, 0.05) is 21.5 Å². The number of benzene rings is 2. The summed E-state index contributed by atoms with van der Waals surface area (Å²) in [5.41, 5.74) is -5.80. The van der Waals surface area contributed by atoms with E-state index >= 15 is 0 Å². The van der Waals surface area contributed by atoms with E-state index in [-0.39, 0.29) is 27.2 Å². The number of hydrogen-bond acceptors (Lipinski definition) is 3. The van der Waals surface area contributed by atoms with Crippen molar-refractivity contribution in [3.8, 4) is 17.0 Å². The lowest BCUT2D eigenvalue weighted by Gasteiger charge is -2.11. The minimum Gasteiger partial charge on any atom is -0.507 e. The minimum atomic E-state index is -5.65. The van der Waals surface area contributed by atoms with Gasteiger partial charge in [0.25, 0.3) is 9.84 Å². The van der Waals surface area contributed by atoms with Crippen molar-refractivity contribution in [3.63, 3.8) is 0 Å². The van der Waals surface area contributed by atoms with E-state index in [1.54, 1.807) is 6.07 Å². The van der Waals surface area contributed by atoms with Gasteiger partial charge in [-0.2, -0.15) is 13.2 Å². The third kappa shape index (κ3) is 2.51. The van der Waals surface area contributed by atoms with Crippen LogP contribution in [0.4, 0.5) is 13.2 Å². The molecule has 2 aromatic carbocycles. The first-order valence-electron chi connectivity index (χ1n) is 6.54. The summed E-state index contributed by atoms with van der Waals surface area (Å²) in [6.07, 6.45) is 0. The molecule has 9 heteroatoms. The standard InChI is InChI=1S/C15H9ClF3NO3S/c16-8-5-6-12(21)10(7-8)13-14(24(22,23)15(17,18)19)9-3-1-2-4-11(9)20-13/h1-7,20-21H. The first kappa shape index (κ1) is 16.7. The quantitative estimate of drug-likeness (QED) is 0.693. The van der Waals surface area contributed by atoms with Gasteiger partial charge in [0.2, 0.25) is 0 Å². The molecule has 0 aliphatic carbocycles. The van der Waals surface area contributed by atoms with Crippen molar-refractivity contribution in [1.82, 2.24) is 4.98 Å². The van der Waals surface area contributed by atoms with E-state index in [0.717, 1.165) is 0 Å². The molecular weight excluding hydrogens is 367 g/mol. The number of phenolic OH excluding ortho intramolecular Hbond substituents is 1. The van der Waals surface area contributed by atoms with Gasteiger partial charge in [-0.15, -0.1) is 0 Å². The monoisotopic (exact) mass is 375 g/mol. The van der Waals surface area contributed by atoms with Gasteiger partial charge < -0.3 is 10.1 Å². The molecule has 1 heterocycles. The normalized spacial score (nSPS) is 12.7. The Morgan fingerprint density at radius 1 is 1.08 bits per heavy atom. The number of aromatic amines is 1. The van der Waals surface area contributed by atoms with Gasteiger partial charge in [-0.25, -0.2) is 8.42 Å². The molecule has 2 N–H and O–H groups in total. The Hall–Kier alpha value is -2.19. The number of aromatic nitrogens is 1. The molecule has 0 atom stereocenters. The molecule has 0 spiro atoms. The van der Waals surface area contributed by atoms with Crippen LogP contribution in [0.5, 0.6) is 5.75 Å². The highest BCUT2D eigenvalue weighted by atomic mass is 35.5. The van der Waals surface area contributed by atoms with Gasteiger partial charge in [0.05, 0.1) is 5.69 Å². The molecule has 24 heavy (non-hydrogen) atoms. The average molecular weight is 376 g/mol. The number of alkyl halides is 3.